The minimum atomic E-state index is -0.488. The first-order valence-electron chi connectivity index (χ1n) is 9.34. The highest BCUT2D eigenvalue weighted by molar-refractivity contribution is 5.97. The lowest BCUT2D eigenvalue weighted by Crippen LogP contribution is -2.41. The number of aliphatic imine (C=N–C) groups is 1. The van der Waals surface area contributed by atoms with Gasteiger partial charge >= 0.3 is 0 Å². The van der Waals surface area contributed by atoms with E-state index in [0.717, 1.165) is 61.6 Å². The monoisotopic (exact) mass is 359 g/mol. The second-order valence-electron chi connectivity index (χ2n) is 7.17. The molecule has 0 aliphatic carbocycles. The molecule has 3 rings (SSSR count). The number of ether oxygens (including phenoxy) is 1. The molecule has 0 saturated carbocycles. The first kappa shape index (κ1) is 18.9. The predicted octanol–water partition coefficient (Wildman–Crippen LogP) is 2.98. The maximum atomic E-state index is 9.79. The van der Waals surface area contributed by atoms with Gasteiger partial charge in [0.05, 0.1) is 25.2 Å². The van der Waals surface area contributed by atoms with Crippen molar-refractivity contribution in [2.45, 2.75) is 32.6 Å². The van der Waals surface area contributed by atoms with Crippen LogP contribution in [0.4, 0.5) is 0 Å². The summed E-state index contributed by atoms with van der Waals surface area (Å²) in [6, 6.07) is 8.04. The molecular formula is C20H29N3O3. The summed E-state index contributed by atoms with van der Waals surface area (Å²) in [6.45, 7) is 11.1. The smallest absolute Gasteiger partial charge is 0.134 e. The Hall–Kier alpha value is -1.89. The molecule has 6 heteroatoms. The third-order valence-electron chi connectivity index (χ3n) is 5.10. The molecule has 26 heavy (non-hydrogen) atoms. The average molecular weight is 359 g/mol. The van der Waals surface area contributed by atoms with Crippen LogP contribution >= 0.6 is 0 Å². The number of furan rings is 1. The molecule has 0 amide bonds. The van der Waals surface area contributed by atoms with E-state index in [9.17, 15) is 5.21 Å². The molecule has 0 unspecified atom stereocenters. The highest BCUT2D eigenvalue weighted by atomic mass is 16.5. The topological polar surface area (TPSA) is 70.2 Å². The lowest BCUT2D eigenvalue weighted by atomic mass is 9.81. The molecule has 0 radical (unpaired) electrons. The van der Waals surface area contributed by atoms with Gasteiger partial charge in [0.2, 0.25) is 0 Å². The number of hydrogen-bond acceptors (Lipinski definition) is 5. The largest absolute Gasteiger partial charge is 0.461 e. The van der Waals surface area contributed by atoms with Crippen molar-refractivity contribution in [2.75, 3.05) is 39.4 Å². The van der Waals surface area contributed by atoms with Gasteiger partial charge < -0.3 is 9.15 Å². The normalized spacial score (nSPS) is 17.0. The maximum Gasteiger partial charge on any atom is 0.134 e. The number of morpholine rings is 1. The number of para-hydroxylation sites is 1. The number of rotatable bonds is 6. The van der Waals surface area contributed by atoms with Gasteiger partial charge in [-0.1, -0.05) is 25.1 Å². The van der Waals surface area contributed by atoms with E-state index in [2.05, 4.69) is 42.2 Å². The van der Waals surface area contributed by atoms with Crippen molar-refractivity contribution in [3.8, 4) is 0 Å². The standard InChI is InChI=1S/C20H29N3O3/c1-4-16-18(15-7-5-6-8-17(15)26-16)20(2,3)19(22-24)21-9-10-23-11-13-25-14-12-23/h5-8,24H,4,9-14H2,1-3H3,(H,21,22). The van der Waals surface area contributed by atoms with Gasteiger partial charge in [0.15, 0.2) is 0 Å². The van der Waals surface area contributed by atoms with Crippen molar-refractivity contribution in [1.29, 1.82) is 0 Å². The molecule has 2 heterocycles. The van der Waals surface area contributed by atoms with Gasteiger partial charge in [-0.05, 0) is 19.9 Å². The van der Waals surface area contributed by atoms with E-state index in [1.807, 2.05) is 18.2 Å². The van der Waals surface area contributed by atoms with Gasteiger partial charge in [-0.3, -0.25) is 20.6 Å². The van der Waals surface area contributed by atoms with E-state index in [0.29, 0.717) is 12.4 Å². The van der Waals surface area contributed by atoms with Gasteiger partial charge in [-0.25, -0.2) is 0 Å². The van der Waals surface area contributed by atoms with Gasteiger partial charge in [0, 0.05) is 37.0 Å². The third kappa shape index (κ3) is 3.77. The molecule has 0 atom stereocenters. The first-order valence-corrected chi connectivity index (χ1v) is 9.34. The molecule has 142 valence electrons. The van der Waals surface area contributed by atoms with Crippen LogP contribution in [0.2, 0.25) is 0 Å². The quantitative estimate of drug-likeness (QED) is 0.471. The summed E-state index contributed by atoms with van der Waals surface area (Å²) in [4.78, 5) is 7.01. The van der Waals surface area contributed by atoms with Crippen LogP contribution in [0, 0.1) is 0 Å². The van der Waals surface area contributed by atoms with Crippen LogP contribution in [-0.2, 0) is 16.6 Å². The summed E-state index contributed by atoms with van der Waals surface area (Å²) >= 11 is 0. The number of hydroxylamine groups is 1. The fourth-order valence-electron chi connectivity index (χ4n) is 3.65. The fraction of sp³-hybridized carbons (Fsp3) is 0.550. The van der Waals surface area contributed by atoms with Crippen molar-refractivity contribution >= 4 is 16.8 Å². The van der Waals surface area contributed by atoms with Crippen LogP contribution in [0.1, 0.15) is 32.1 Å². The lowest BCUT2D eigenvalue weighted by Gasteiger charge is -2.28. The van der Waals surface area contributed by atoms with E-state index in [1.54, 1.807) is 0 Å². The molecule has 1 saturated heterocycles. The summed E-state index contributed by atoms with van der Waals surface area (Å²) in [5.74, 6) is 1.50. The van der Waals surface area contributed by atoms with Crippen LogP contribution in [0.3, 0.4) is 0 Å². The molecule has 6 nitrogen and oxygen atoms in total. The van der Waals surface area contributed by atoms with Crippen molar-refractivity contribution in [2.24, 2.45) is 4.99 Å². The zero-order valence-corrected chi connectivity index (χ0v) is 15.9. The number of nitrogens with one attached hydrogen (secondary N) is 1. The van der Waals surface area contributed by atoms with Crippen molar-refractivity contribution in [3.63, 3.8) is 0 Å². The predicted molar refractivity (Wildman–Crippen MR) is 103 cm³/mol. The van der Waals surface area contributed by atoms with Gasteiger partial charge in [0.25, 0.3) is 0 Å². The first-order chi connectivity index (χ1) is 12.6. The van der Waals surface area contributed by atoms with E-state index >= 15 is 0 Å². The number of amidine groups is 1. The SMILES string of the molecule is CCc1oc2ccccc2c1C(C)(C)C(=NCCN1CCOCC1)NO. The minimum absolute atomic E-state index is 0.488. The van der Waals surface area contributed by atoms with Crippen molar-refractivity contribution < 1.29 is 14.4 Å². The molecular weight excluding hydrogens is 330 g/mol. The van der Waals surface area contributed by atoms with Crippen LogP contribution in [0.5, 0.6) is 0 Å². The van der Waals surface area contributed by atoms with Crippen LogP contribution in [-0.4, -0.2) is 55.3 Å². The maximum absolute atomic E-state index is 9.79. The van der Waals surface area contributed by atoms with Gasteiger partial charge in [0.1, 0.15) is 17.2 Å². The zero-order chi connectivity index (χ0) is 18.6. The Balaban J connectivity index is 1.85. The van der Waals surface area contributed by atoms with Gasteiger partial charge in [-0.2, -0.15) is 0 Å². The molecule has 2 N–H and O–H groups in total. The Morgan fingerprint density at radius 1 is 1.27 bits per heavy atom. The molecule has 1 aromatic heterocycles. The Labute approximate surface area is 154 Å². The highest BCUT2D eigenvalue weighted by Crippen LogP contribution is 2.36. The molecule has 0 spiro atoms. The van der Waals surface area contributed by atoms with Crippen LogP contribution in [0.25, 0.3) is 11.0 Å². The highest BCUT2D eigenvalue weighted by Gasteiger charge is 2.33. The third-order valence-corrected chi connectivity index (χ3v) is 5.10. The van der Waals surface area contributed by atoms with E-state index < -0.39 is 5.41 Å². The summed E-state index contributed by atoms with van der Waals surface area (Å²) in [6.07, 6.45) is 0.792. The Morgan fingerprint density at radius 2 is 2.00 bits per heavy atom. The van der Waals surface area contributed by atoms with E-state index in [-0.39, 0.29) is 0 Å². The number of benzene rings is 1. The van der Waals surface area contributed by atoms with Crippen LogP contribution < -0.4 is 5.48 Å². The zero-order valence-electron chi connectivity index (χ0n) is 15.9. The number of aryl methyl sites for hydroxylation is 1. The molecule has 2 aromatic rings. The second kappa shape index (κ2) is 8.20. The minimum Gasteiger partial charge on any atom is -0.461 e. The summed E-state index contributed by atoms with van der Waals surface area (Å²) < 4.78 is 11.4. The lowest BCUT2D eigenvalue weighted by molar-refractivity contribution is 0.0394. The molecule has 0 bridgehead atoms. The average Bonchev–Trinajstić information content (AvgIpc) is 3.05. The van der Waals surface area contributed by atoms with E-state index in [1.165, 1.54) is 0 Å². The number of fused-ring (bicyclic) bond motifs is 1. The van der Waals surface area contributed by atoms with E-state index in [4.69, 9.17) is 9.15 Å². The molecule has 1 aromatic carbocycles. The summed E-state index contributed by atoms with van der Waals surface area (Å²) in [5, 5.41) is 10.9. The molecule has 1 aliphatic heterocycles. The summed E-state index contributed by atoms with van der Waals surface area (Å²) in [7, 11) is 0. The summed E-state index contributed by atoms with van der Waals surface area (Å²) in [5.41, 5.74) is 3.82. The molecule has 1 aliphatic rings. The van der Waals surface area contributed by atoms with Crippen LogP contribution in [0.15, 0.2) is 33.7 Å². The Morgan fingerprint density at radius 3 is 2.69 bits per heavy atom. The van der Waals surface area contributed by atoms with Crippen molar-refractivity contribution in [3.05, 3.63) is 35.6 Å². The molecule has 1 fully saturated rings. The number of nitrogens with zero attached hydrogens (tertiary/aromatic N) is 2. The number of hydrogen-bond donors (Lipinski definition) is 2. The van der Waals surface area contributed by atoms with Crippen molar-refractivity contribution in [1.82, 2.24) is 10.4 Å². The van der Waals surface area contributed by atoms with Gasteiger partial charge in [-0.15, -0.1) is 0 Å². The fourth-order valence-corrected chi connectivity index (χ4v) is 3.65. The Kier molecular flexibility index (Phi) is 5.96. The Bertz CT molecular complexity index is 761. The second-order valence-corrected chi connectivity index (χ2v) is 7.17.